The third-order valence-corrected chi connectivity index (χ3v) is 1.75. The van der Waals surface area contributed by atoms with Gasteiger partial charge in [0.05, 0.1) is 0 Å². The van der Waals surface area contributed by atoms with Crippen molar-refractivity contribution in [2.75, 3.05) is 0 Å². The smallest absolute Gasteiger partial charge is 0.132 e. The van der Waals surface area contributed by atoms with Crippen molar-refractivity contribution >= 4 is 0 Å². The lowest BCUT2D eigenvalue weighted by Crippen LogP contribution is -1.80. The predicted octanol–water partition coefficient (Wildman–Crippen LogP) is 1.47. The Labute approximate surface area is 47.6 Å². The predicted molar refractivity (Wildman–Crippen MR) is 30.4 cm³/mol. The molecular formula is C6H7NO. The fraction of sp³-hybridized carbons (Fsp3) is 0.667. The first-order valence-electron chi connectivity index (χ1n) is 2.96. The highest BCUT2D eigenvalue weighted by Crippen LogP contribution is 2.45. The van der Waals surface area contributed by atoms with Gasteiger partial charge in [0.2, 0.25) is 0 Å². The van der Waals surface area contributed by atoms with E-state index in [0.29, 0.717) is 0 Å². The summed E-state index contributed by atoms with van der Waals surface area (Å²) >= 11 is 0. The Morgan fingerprint density at radius 3 is 2.75 bits per heavy atom. The van der Waals surface area contributed by atoms with Gasteiger partial charge in [-0.05, 0) is 24.3 Å². The molecular weight excluding hydrogens is 102 g/mol. The Hall–Kier alpha value is -0.660. The SMILES string of the molecule is O=NC1C=C1C1CC1. The highest BCUT2D eigenvalue weighted by Gasteiger charge is 2.38. The molecule has 2 rings (SSSR count). The van der Waals surface area contributed by atoms with Gasteiger partial charge in [0, 0.05) is 0 Å². The minimum absolute atomic E-state index is 0.0162. The zero-order chi connectivity index (χ0) is 5.56. The quantitative estimate of drug-likeness (QED) is 0.390. The van der Waals surface area contributed by atoms with E-state index in [1.165, 1.54) is 18.4 Å². The number of rotatable bonds is 2. The molecule has 0 aromatic heterocycles. The van der Waals surface area contributed by atoms with E-state index < -0.39 is 0 Å². The number of nitrogens with zero attached hydrogens (tertiary/aromatic N) is 1. The van der Waals surface area contributed by atoms with Crippen molar-refractivity contribution in [3.05, 3.63) is 16.6 Å². The van der Waals surface area contributed by atoms with Gasteiger partial charge in [0.25, 0.3) is 0 Å². The second-order valence-electron chi connectivity index (χ2n) is 2.49. The second kappa shape index (κ2) is 1.19. The summed E-state index contributed by atoms with van der Waals surface area (Å²) in [4.78, 5) is 9.81. The van der Waals surface area contributed by atoms with E-state index >= 15 is 0 Å². The standard InChI is InChI=1S/C6H7NO/c8-7-6-3-5(6)4-1-2-4/h3-4,6H,1-2H2. The third kappa shape index (κ3) is 0.489. The molecule has 1 fully saturated rings. The highest BCUT2D eigenvalue weighted by molar-refractivity contribution is 5.39. The van der Waals surface area contributed by atoms with Crippen LogP contribution in [0.2, 0.25) is 0 Å². The molecule has 2 aliphatic carbocycles. The molecule has 0 spiro atoms. The van der Waals surface area contributed by atoms with Gasteiger partial charge in [-0.25, -0.2) is 0 Å². The van der Waals surface area contributed by atoms with Gasteiger partial charge in [-0.3, -0.25) is 0 Å². The molecule has 0 aromatic carbocycles. The van der Waals surface area contributed by atoms with Crippen molar-refractivity contribution in [2.45, 2.75) is 18.9 Å². The van der Waals surface area contributed by atoms with Gasteiger partial charge >= 0.3 is 0 Å². The van der Waals surface area contributed by atoms with Crippen molar-refractivity contribution in [3.8, 4) is 0 Å². The van der Waals surface area contributed by atoms with Crippen LogP contribution in [-0.4, -0.2) is 6.04 Å². The summed E-state index contributed by atoms with van der Waals surface area (Å²) in [5.41, 5.74) is 1.31. The average molecular weight is 109 g/mol. The first kappa shape index (κ1) is 4.24. The average Bonchev–Trinajstić information content (AvgIpc) is 2.62. The number of hydrogen-bond acceptors (Lipinski definition) is 2. The van der Waals surface area contributed by atoms with E-state index in [-0.39, 0.29) is 6.04 Å². The normalized spacial score (nSPS) is 34.0. The van der Waals surface area contributed by atoms with E-state index in [1.54, 1.807) is 0 Å². The first-order chi connectivity index (χ1) is 3.92. The Bertz CT molecular complexity index is 158. The van der Waals surface area contributed by atoms with Gasteiger partial charge in [0.1, 0.15) is 6.04 Å². The molecule has 0 aromatic rings. The molecule has 1 atom stereocenters. The molecule has 0 radical (unpaired) electrons. The van der Waals surface area contributed by atoms with Crippen LogP contribution in [0.15, 0.2) is 16.8 Å². The summed E-state index contributed by atoms with van der Waals surface area (Å²) in [5, 5.41) is 2.90. The minimum atomic E-state index is 0.0162. The van der Waals surface area contributed by atoms with Crippen LogP contribution in [0, 0.1) is 10.8 Å². The molecule has 2 aliphatic rings. The lowest BCUT2D eigenvalue weighted by molar-refractivity contribution is 0.962. The molecule has 1 saturated carbocycles. The molecule has 0 heterocycles. The van der Waals surface area contributed by atoms with Crippen molar-refractivity contribution < 1.29 is 0 Å². The molecule has 0 amide bonds. The fourth-order valence-corrected chi connectivity index (χ4v) is 1.02. The molecule has 0 aliphatic heterocycles. The lowest BCUT2D eigenvalue weighted by atomic mass is 10.3. The molecule has 0 bridgehead atoms. The second-order valence-corrected chi connectivity index (χ2v) is 2.49. The van der Waals surface area contributed by atoms with Crippen molar-refractivity contribution in [3.63, 3.8) is 0 Å². The van der Waals surface area contributed by atoms with Gasteiger partial charge in [0.15, 0.2) is 0 Å². The summed E-state index contributed by atoms with van der Waals surface area (Å²) in [7, 11) is 0. The highest BCUT2D eigenvalue weighted by atomic mass is 16.3. The van der Waals surface area contributed by atoms with Crippen molar-refractivity contribution in [2.24, 2.45) is 11.1 Å². The van der Waals surface area contributed by atoms with Crippen LogP contribution in [0.5, 0.6) is 0 Å². The van der Waals surface area contributed by atoms with Gasteiger partial charge in [-0.2, -0.15) is 0 Å². The molecule has 1 unspecified atom stereocenters. The minimum Gasteiger partial charge on any atom is -0.150 e. The van der Waals surface area contributed by atoms with Gasteiger partial charge in [-0.1, -0.05) is 11.3 Å². The zero-order valence-electron chi connectivity index (χ0n) is 4.50. The molecule has 0 N–H and O–H groups in total. The Morgan fingerprint density at radius 2 is 2.38 bits per heavy atom. The summed E-state index contributed by atoms with van der Waals surface area (Å²) in [6.45, 7) is 0. The van der Waals surface area contributed by atoms with Crippen molar-refractivity contribution in [1.82, 2.24) is 0 Å². The number of nitroso groups, excluding NO2 is 1. The van der Waals surface area contributed by atoms with E-state index in [2.05, 4.69) is 5.18 Å². The van der Waals surface area contributed by atoms with Crippen LogP contribution in [0.1, 0.15) is 12.8 Å². The van der Waals surface area contributed by atoms with Crippen LogP contribution in [0.4, 0.5) is 0 Å². The molecule has 2 heteroatoms. The molecule has 2 nitrogen and oxygen atoms in total. The van der Waals surface area contributed by atoms with E-state index in [1.807, 2.05) is 6.08 Å². The van der Waals surface area contributed by atoms with E-state index in [9.17, 15) is 4.91 Å². The molecule has 42 valence electrons. The summed E-state index contributed by atoms with van der Waals surface area (Å²) in [5.74, 6) is 0.762. The maximum atomic E-state index is 9.81. The van der Waals surface area contributed by atoms with Gasteiger partial charge < -0.3 is 0 Å². The fourth-order valence-electron chi connectivity index (χ4n) is 1.02. The Balaban J connectivity index is 1.94. The maximum Gasteiger partial charge on any atom is 0.132 e. The summed E-state index contributed by atoms with van der Waals surface area (Å²) in [6.07, 6.45) is 4.54. The summed E-state index contributed by atoms with van der Waals surface area (Å²) < 4.78 is 0. The van der Waals surface area contributed by atoms with Crippen LogP contribution < -0.4 is 0 Å². The number of hydrogen-bond donors (Lipinski definition) is 0. The lowest BCUT2D eigenvalue weighted by Gasteiger charge is -1.80. The van der Waals surface area contributed by atoms with E-state index in [4.69, 9.17) is 0 Å². The topological polar surface area (TPSA) is 29.4 Å². The monoisotopic (exact) mass is 109 g/mol. The van der Waals surface area contributed by atoms with E-state index in [0.717, 1.165) is 5.92 Å². The third-order valence-electron chi connectivity index (χ3n) is 1.75. The zero-order valence-corrected chi connectivity index (χ0v) is 4.50. The van der Waals surface area contributed by atoms with Crippen LogP contribution in [0.25, 0.3) is 0 Å². The van der Waals surface area contributed by atoms with Crippen molar-refractivity contribution in [1.29, 1.82) is 0 Å². The van der Waals surface area contributed by atoms with Gasteiger partial charge in [-0.15, -0.1) is 4.91 Å². The van der Waals surface area contributed by atoms with Crippen LogP contribution in [0.3, 0.4) is 0 Å². The summed E-state index contributed by atoms with van der Waals surface area (Å²) in [6, 6.07) is 0.0162. The molecule has 8 heavy (non-hydrogen) atoms. The maximum absolute atomic E-state index is 9.81. The van der Waals surface area contributed by atoms with Crippen LogP contribution >= 0.6 is 0 Å². The Kier molecular flexibility index (Phi) is 0.629. The molecule has 0 saturated heterocycles. The first-order valence-corrected chi connectivity index (χ1v) is 2.96. The Morgan fingerprint density at radius 1 is 1.62 bits per heavy atom. The van der Waals surface area contributed by atoms with Crippen LogP contribution in [-0.2, 0) is 0 Å². The largest absolute Gasteiger partial charge is 0.150 e.